The highest BCUT2D eigenvalue weighted by Crippen LogP contribution is 2.87. The van der Waals surface area contributed by atoms with Crippen LogP contribution >= 0.6 is 0 Å². The number of fused-ring (bicyclic) bond motifs is 4. The quantitative estimate of drug-likeness (QED) is 0.419. The van der Waals surface area contributed by atoms with E-state index in [9.17, 15) is 15.0 Å². The second-order valence-corrected chi connectivity index (χ2v) is 18.5. The maximum absolute atomic E-state index is 13.3. The topological polar surface area (TPSA) is 97.7 Å². The van der Waals surface area contributed by atoms with Crippen LogP contribution in [0.15, 0.2) is 0 Å². The molecule has 3 aliphatic heterocycles. The van der Waals surface area contributed by atoms with Crippen molar-refractivity contribution in [1.82, 2.24) is 4.90 Å². The second-order valence-electron chi connectivity index (χ2n) is 18.5. The van der Waals surface area contributed by atoms with Crippen molar-refractivity contribution < 1.29 is 34.0 Å². The third kappa shape index (κ3) is 4.76. The van der Waals surface area contributed by atoms with Gasteiger partial charge in [-0.3, -0.25) is 4.79 Å². The molecule has 0 bridgehead atoms. The number of carbonyl (C=O) groups excluding carboxylic acids is 1. The van der Waals surface area contributed by atoms with Gasteiger partial charge >= 0.3 is 0 Å². The van der Waals surface area contributed by atoms with E-state index in [1.807, 2.05) is 4.90 Å². The van der Waals surface area contributed by atoms with E-state index in [0.717, 1.165) is 44.4 Å². The molecular formula is C38H61NO7. The number of amides is 1. The van der Waals surface area contributed by atoms with Gasteiger partial charge in [0.2, 0.25) is 5.91 Å². The van der Waals surface area contributed by atoms with Crippen LogP contribution in [-0.4, -0.2) is 90.2 Å². The van der Waals surface area contributed by atoms with Crippen molar-refractivity contribution in [2.75, 3.05) is 32.9 Å². The summed E-state index contributed by atoms with van der Waals surface area (Å²) in [5, 5.41) is 21.4. The first kappa shape index (κ1) is 32.4. The molecule has 46 heavy (non-hydrogen) atoms. The van der Waals surface area contributed by atoms with Crippen molar-refractivity contribution in [3.63, 3.8) is 0 Å². The van der Waals surface area contributed by atoms with Gasteiger partial charge in [0.1, 0.15) is 6.10 Å². The zero-order valence-corrected chi connectivity index (χ0v) is 29.2. The molecule has 8 aliphatic rings. The fraction of sp³-hybridized carbons (Fsp3) is 0.974. The van der Waals surface area contributed by atoms with Crippen molar-refractivity contribution >= 4 is 5.91 Å². The maximum Gasteiger partial charge on any atom is 0.226 e. The maximum atomic E-state index is 13.3. The highest BCUT2D eigenvalue weighted by Gasteiger charge is 2.80. The summed E-state index contributed by atoms with van der Waals surface area (Å²) in [6, 6.07) is 0. The minimum absolute atomic E-state index is 0.0665. The number of hydrogen-bond donors (Lipinski definition) is 2. The van der Waals surface area contributed by atoms with Crippen molar-refractivity contribution in [2.45, 2.75) is 148 Å². The number of aliphatic hydroxyl groups excluding tert-OH is 1. The van der Waals surface area contributed by atoms with Gasteiger partial charge in [-0.25, -0.2) is 0 Å². The molecule has 8 nitrogen and oxygen atoms in total. The third-order valence-electron chi connectivity index (χ3n) is 15.9. The summed E-state index contributed by atoms with van der Waals surface area (Å²) in [7, 11) is 0. The Bertz CT molecular complexity index is 1180. The van der Waals surface area contributed by atoms with Gasteiger partial charge < -0.3 is 34.1 Å². The minimum atomic E-state index is -1.14. The summed E-state index contributed by atoms with van der Waals surface area (Å²) in [5.41, 5.74) is 0.153. The number of morpholine rings is 1. The summed E-state index contributed by atoms with van der Waals surface area (Å²) in [5.74, 6) is 3.03. The van der Waals surface area contributed by atoms with E-state index in [1.165, 1.54) is 38.5 Å². The Labute approximate surface area is 276 Å². The molecule has 1 amide bonds. The molecular weight excluding hydrogens is 582 g/mol. The van der Waals surface area contributed by atoms with E-state index in [1.54, 1.807) is 13.8 Å². The Hall–Kier alpha value is -0.770. The van der Waals surface area contributed by atoms with Crippen LogP contribution in [0.2, 0.25) is 0 Å². The van der Waals surface area contributed by atoms with Crippen LogP contribution in [-0.2, 0) is 23.7 Å². The van der Waals surface area contributed by atoms with E-state index < -0.39 is 11.7 Å². The molecule has 5 saturated carbocycles. The fourth-order valence-electron chi connectivity index (χ4n) is 13.5. The molecule has 260 valence electrons. The number of ether oxygens (including phenoxy) is 4. The number of nitrogens with zero attached hydrogens (tertiary/aromatic N) is 1. The highest BCUT2D eigenvalue weighted by molar-refractivity contribution is 5.79. The zero-order valence-electron chi connectivity index (χ0n) is 29.2. The summed E-state index contributed by atoms with van der Waals surface area (Å²) in [6.45, 7) is 14.1. The van der Waals surface area contributed by atoms with Crippen LogP contribution in [0.4, 0.5) is 0 Å². The summed E-state index contributed by atoms with van der Waals surface area (Å²) < 4.78 is 25.2. The van der Waals surface area contributed by atoms with Crippen molar-refractivity contribution in [2.24, 2.45) is 51.2 Å². The fourth-order valence-corrected chi connectivity index (χ4v) is 13.5. The van der Waals surface area contributed by atoms with Gasteiger partial charge in [0.15, 0.2) is 6.29 Å². The third-order valence-corrected chi connectivity index (χ3v) is 15.9. The molecule has 0 radical (unpaired) electrons. The summed E-state index contributed by atoms with van der Waals surface area (Å²) in [6.07, 6.45) is 12.6. The lowest BCUT2D eigenvalue weighted by Crippen LogP contribution is -2.56. The first-order chi connectivity index (χ1) is 21.8. The molecule has 5 aliphatic carbocycles. The first-order valence-corrected chi connectivity index (χ1v) is 19.0. The molecule has 8 heteroatoms. The van der Waals surface area contributed by atoms with Crippen molar-refractivity contribution in [1.29, 1.82) is 0 Å². The summed E-state index contributed by atoms with van der Waals surface area (Å²) in [4.78, 5) is 15.3. The van der Waals surface area contributed by atoms with E-state index >= 15 is 0 Å². The second kappa shape index (κ2) is 11.1. The van der Waals surface area contributed by atoms with Crippen LogP contribution in [0.5, 0.6) is 0 Å². The van der Waals surface area contributed by atoms with Gasteiger partial charge in [-0.2, -0.15) is 0 Å². The molecule has 12 atom stereocenters. The van der Waals surface area contributed by atoms with E-state index in [2.05, 4.69) is 20.8 Å². The molecule has 3 heterocycles. The van der Waals surface area contributed by atoms with Crippen LogP contribution in [0.1, 0.15) is 112 Å². The molecule has 3 saturated heterocycles. The predicted molar refractivity (Wildman–Crippen MR) is 173 cm³/mol. The lowest BCUT2D eigenvalue weighted by Gasteiger charge is -2.60. The average molecular weight is 644 g/mol. The van der Waals surface area contributed by atoms with Crippen LogP contribution in [0.25, 0.3) is 0 Å². The van der Waals surface area contributed by atoms with Gasteiger partial charge in [0.05, 0.1) is 37.1 Å². The van der Waals surface area contributed by atoms with Gasteiger partial charge in [-0.05, 0) is 136 Å². The van der Waals surface area contributed by atoms with E-state index in [4.69, 9.17) is 18.9 Å². The lowest BCUT2D eigenvalue weighted by molar-refractivity contribution is -0.245. The number of carbonyl (C=O) groups is 1. The average Bonchev–Trinajstić information content (AvgIpc) is 3.61. The molecule has 10 unspecified atom stereocenters. The Morgan fingerprint density at radius 1 is 0.913 bits per heavy atom. The summed E-state index contributed by atoms with van der Waals surface area (Å²) >= 11 is 0. The smallest absolute Gasteiger partial charge is 0.226 e. The predicted octanol–water partition coefficient (Wildman–Crippen LogP) is 5.32. The Morgan fingerprint density at radius 2 is 1.67 bits per heavy atom. The molecule has 0 aromatic heterocycles. The SMILES string of the molecule is CC12CCC34CC35CC[C@H](OC3CN(C(=O)C6CCOCC6)CCO3)C(C)(C)C5CCC4C1CC1OC([C@H](O)C(C)(C)O)CCC12. The van der Waals surface area contributed by atoms with Crippen LogP contribution < -0.4 is 0 Å². The molecule has 0 aromatic carbocycles. The standard InChI is InChI=1S/C38H61NO7/c1-34(2)29-9-7-24-26-20-28-25(6-8-27(45-28)32(40)35(3,4)42)36(26,5)14-15-37(24)22-38(29,37)13-10-30(34)46-31-21-39(16-19-44-31)33(41)23-11-17-43-18-12-23/h23-32,40,42H,6-22H2,1-5H3/t24?,25?,26?,27?,28?,29?,30-,31?,32-,36?,37?,38?/m0/s1. The molecule has 8 fully saturated rings. The highest BCUT2D eigenvalue weighted by atomic mass is 16.7. The van der Waals surface area contributed by atoms with E-state index in [-0.39, 0.29) is 41.8 Å². The number of rotatable bonds is 5. The van der Waals surface area contributed by atoms with Gasteiger partial charge in [-0.15, -0.1) is 0 Å². The van der Waals surface area contributed by atoms with E-state index in [0.29, 0.717) is 66.9 Å². The normalized spacial score (nSPS) is 49.2. The Kier molecular flexibility index (Phi) is 7.84. The van der Waals surface area contributed by atoms with Crippen LogP contribution in [0.3, 0.4) is 0 Å². The first-order valence-electron chi connectivity index (χ1n) is 19.0. The van der Waals surface area contributed by atoms with Crippen LogP contribution in [0, 0.1) is 51.2 Å². The lowest BCUT2D eigenvalue weighted by atomic mass is 9.46. The number of hydrogen-bond acceptors (Lipinski definition) is 7. The monoisotopic (exact) mass is 643 g/mol. The molecule has 2 N–H and O–H groups in total. The van der Waals surface area contributed by atoms with Crippen molar-refractivity contribution in [3.05, 3.63) is 0 Å². The Balaban J connectivity index is 0.942. The zero-order chi connectivity index (χ0) is 32.3. The Morgan fingerprint density at radius 3 is 2.43 bits per heavy atom. The molecule has 8 rings (SSSR count). The molecule has 2 spiro atoms. The van der Waals surface area contributed by atoms with Gasteiger partial charge in [0.25, 0.3) is 0 Å². The van der Waals surface area contributed by atoms with Gasteiger partial charge in [0, 0.05) is 25.7 Å². The van der Waals surface area contributed by atoms with Gasteiger partial charge in [-0.1, -0.05) is 20.8 Å². The number of aliphatic hydroxyl groups is 2. The van der Waals surface area contributed by atoms with Crippen molar-refractivity contribution in [3.8, 4) is 0 Å². The molecule has 0 aromatic rings. The minimum Gasteiger partial charge on any atom is -0.388 e. The largest absolute Gasteiger partial charge is 0.388 e.